The van der Waals surface area contributed by atoms with Gasteiger partial charge in [-0.3, -0.25) is 0 Å². The normalized spacial score (nSPS) is 21.3. The summed E-state index contributed by atoms with van der Waals surface area (Å²) in [6.07, 6.45) is 1.01. The van der Waals surface area contributed by atoms with E-state index >= 15 is 0 Å². The van der Waals surface area contributed by atoms with Gasteiger partial charge in [0.05, 0.1) is 22.8 Å². The van der Waals surface area contributed by atoms with Crippen molar-refractivity contribution in [1.29, 1.82) is 0 Å². The van der Waals surface area contributed by atoms with Crippen LogP contribution in [0.15, 0.2) is 42.5 Å². The Kier molecular flexibility index (Phi) is 5.54. The highest BCUT2D eigenvalue weighted by atomic mass is 35.5. The zero-order valence-electron chi connectivity index (χ0n) is 12.6. The van der Waals surface area contributed by atoms with Gasteiger partial charge in [-0.25, -0.2) is 4.39 Å². The molecule has 122 valence electrons. The first-order valence-corrected chi connectivity index (χ1v) is 8.41. The van der Waals surface area contributed by atoms with E-state index in [1.165, 1.54) is 12.1 Å². The molecule has 2 atom stereocenters. The van der Waals surface area contributed by atoms with Crippen LogP contribution in [0.25, 0.3) is 0 Å². The van der Waals surface area contributed by atoms with E-state index in [1.807, 2.05) is 24.3 Å². The zero-order chi connectivity index (χ0) is 16.2. The van der Waals surface area contributed by atoms with Gasteiger partial charge in [-0.1, -0.05) is 41.4 Å². The van der Waals surface area contributed by atoms with Crippen LogP contribution in [0.3, 0.4) is 0 Å². The molecule has 1 aliphatic heterocycles. The first kappa shape index (κ1) is 16.7. The van der Waals surface area contributed by atoms with Crippen molar-refractivity contribution < 1.29 is 9.13 Å². The largest absolute Gasteiger partial charge is 0.372 e. The Hall–Kier alpha value is -1.13. The van der Waals surface area contributed by atoms with Gasteiger partial charge >= 0.3 is 0 Å². The van der Waals surface area contributed by atoms with Crippen molar-refractivity contribution >= 4 is 23.2 Å². The average Bonchev–Trinajstić information content (AvgIpc) is 2.57. The molecule has 1 fully saturated rings. The molecule has 1 aliphatic rings. The molecule has 2 aromatic rings. The van der Waals surface area contributed by atoms with E-state index in [1.54, 1.807) is 6.07 Å². The molecule has 2 unspecified atom stereocenters. The summed E-state index contributed by atoms with van der Waals surface area (Å²) in [6, 6.07) is 12.2. The third-order valence-electron chi connectivity index (χ3n) is 4.17. The number of ether oxygens (including phenoxy) is 1. The molecule has 23 heavy (non-hydrogen) atoms. The molecule has 0 aliphatic carbocycles. The van der Waals surface area contributed by atoms with Crippen LogP contribution in [0.5, 0.6) is 0 Å². The number of hydrogen-bond donors (Lipinski definition) is 1. The van der Waals surface area contributed by atoms with Crippen LogP contribution < -0.4 is 5.32 Å². The van der Waals surface area contributed by atoms with E-state index in [0.717, 1.165) is 30.6 Å². The molecule has 0 spiro atoms. The van der Waals surface area contributed by atoms with Crippen LogP contribution in [0.4, 0.5) is 4.39 Å². The van der Waals surface area contributed by atoms with Gasteiger partial charge in [0.1, 0.15) is 5.82 Å². The lowest BCUT2D eigenvalue weighted by Crippen LogP contribution is -2.40. The summed E-state index contributed by atoms with van der Waals surface area (Å²) in [5.41, 5.74) is 2.11. The average molecular weight is 354 g/mol. The Bertz CT molecular complexity index is 663. The third-order valence-corrected chi connectivity index (χ3v) is 4.91. The molecule has 2 nitrogen and oxygen atoms in total. The fourth-order valence-electron chi connectivity index (χ4n) is 2.93. The maximum Gasteiger partial charge on any atom is 0.123 e. The predicted molar refractivity (Wildman–Crippen MR) is 91.7 cm³/mol. The number of nitrogens with one attached hydrogen (secondary N) is 1. The molecule has 3 rings (SSSR count). The molecular weight excluding hydrogens is 336 g/mol. The quantitative estimate of drug-likeness (QED) is 0.852. The van der Waals surface area contributed by atoms with Crippen molar-refractivity contribution in [2.24, 2.45) is 0 Å². The number of benzene rings is 2. The zero-order valence-corrected chi connectivity index (χ0v) is 14.1. The summed E-state index contributed by atoms with van der Waals surface area (Å²) < 4.78 is 19.2. The number of piperidine rings is 1. The highest BCUT2D eigenvalue weighted by Gasteiger charge is 2.27. The van der Waals surface area contributed by atoms with Crippen molar-refractivity contribution in [3.8, 4) is 0 Å². The molecule has 2 aromatic carbocycles. The molecule has 5 heteroatoms. The molecule has 0 saturated carbocycles. The fraction of sp³-hybridized carbons (Fsp3) is 0.333. The Balaban J connectivity index is 1.69. The summed E-state index contributed by atoms with van der Waals surface area (Å²) >= 11 is 12.0. The van der Waals surface area contributed by atoms with Crippen LogP contribution in [-0.2, 0) is 11.3 Å². The maximum absolute atomic E-state index is 13.1. The van der Waals surface area contributed by atoms with Crippen LogP contribution >= 0.6 is 23.2 Å². The van der Waals surface area contributed by atoms with Gasteiger partial charge in [-0.05, 0) is 48.4 Å². The van der Waals surface area contributed by atoms with E-state index in [2.05, 4.69) is 5.32 Å². The highest BCUT2D eigenvalue weighted by molar-refractivity contribution is 6.42. The predicted octanol–water partition coefficient (Wildman–Crippen LogP) is 4.79. The maximum atomic E-state index is 13.1. The van der Waals surface area contributed by atoms with Crippen LogP contribution in [-0.4, -0.2) is 19.2 Å². The van der Waals surface area contributed by atoms with Crippen LogP contribution in [0, 0.1) is 5.82 Å². The lowest BCUT2D eigenvalue weighted by Gasteiger charge is -2.32. The van der Waals surface area contributed by atoms with Crippen molar-refractivity contribution in [2.45, 2.75) is 25.0 Å². The smallest absolute Gasteiger partial charge is 0.123 e. The summed E-state index contributed by atoms with van der Waals surface area (Å²) in [5.74, 6) is 0.0515. The lowest BCUT2D eigenvalue weighted by atomic mass is 9.88. The van der Waals surface area contributed by atoms with E-state index < -0.39 is 0 Å². The minimum Gasteiger partial charge on any atom is -0.372 e. The summed E-state index contributed by atoms with van der Waals surface area (Å²) in [4.78, 5) is 0. The SMILES string of the molecule is Fc1ccc(C2CCNCC2OCc2ccc(Cl)c(Cl)c2)cc1. The monoisotopic (exact) mass is 353 g/mol. The van der Waals surface area contributed by atoms with Gasteiger partial charge in [-0.15, -0.1) is 0 Å². The summed E-state index contributed by atoms with van der Waals surface area (Å²) in [7, 11) is 0. The standard InChI is InChI=1S/C18H18Cl2FNO/c19-16-6-1-12(9-17(16)20)11-23-18-10-22-8-7-15(18)13-2-4-14(21)5-3-13/h1-6,9,15,18,22H,7-8,10-11H2. The molecule has 1 N–H and O–H groups in total. The molecule has 0 bridgehead atoms. The van der Waals surface area contributed by atoms with Gasteiger partial charge in [-0.2, -0.15) is 0 Å². The first-order chi connectivity index (χ1) is 11.1. The van der Waals surface area contributed by atoms with Gasteiger partial charge in [0.2, 0.25) is 0 Å². The van der Waals surface area contributed by atoms with Crippen molar-refractivity contribution in [2.75, 3.05) is 13.1 Å². The molecule has 0 amide bonds. The van der Waals surface area contributed by atoms with E-state index in [-0.39, 0.29) is 17.8 Å². The Morgan fingerprint density at radius 1 is 1.09 bits per heavy atom. The van der Waals surface area contributed by atoms with Gasteiger partial charge in [0, 0.05) is 12.5 Å². The van der Waals surface area contributed by atoms with Crippen LogP contribution in [0.1, 0.15) is 23.5 Å². The summed E-state index contributed by atoms with van der Waals surface area (Å²) in [5, 5.41) is 4.43. The second kappa shape index (κ2) is 7.63. The van der Waals surface area contributed by atoms with Crippen molar-refractivity contribution in [3.63, 3.8) is 0 Å². The number of hydrogen-bond acceptors (Lipinski definition) is 2. The van der Waals surface area contributed by atoms with E-state index in [4.69, 9.17) is 27.9 Å². The second-order valence-electron chi connectivity index (χ2n) is 5.75. The molecule has 1 heterocycles. The Morgan fingerprint density at radius 3 is 2.61 bits per heavy atom. The Labute approximate surface area is 145 Å². The fourth-order valence-corrected chi connectivity index (χ4v) is 3.25. The minimum absolute atomic E-state index is 0.0451. The minimum atomic E-state index is -0.212. The highest BCUT2D eigenvalue weighted by Crippen LogP contribution is 2.29. The van der Waals surface area contributed by atoms with Gasteiger partial charge < -0.3 is 10.1 Å². The molecule has 1 saturated heterocycles. The second-order valence-corrected chi connectivity index (χ2v) is 6.56. The lowest BCUT2D eigenvalue weighted by molar-refractivity contribution is 0.0106. The van der Waals surface area contributed by atoms with Crippen LogP contribution in [0.2, 0.25) is 10.0 Å². The summed E-state index contributed by atoms with van der Waals surface area (Å²) in [6.45, 7) is 2.19. The first-order valence-electron chi connectivity index (χ1n) is 7.65. The molecular formula is C18H18Cl2FNO. The molecule has 0 radical (unpaired) electrons. The number of halogens is 3. The third kappa shape index (κ3) is 4.24. The Morgan fingerprint density at radius 2 is 1.87 bits per heavy atom. The van der Waals surface area contributed by atoms with Gasteiger partial charge in [0.25, 0.3) is 0 Å². The van der Waals surface area contributed by atoms with Crippen molar-refractivity contribution in [1.82, 2.24) is 5.32 Å². The van der Waals surface area contributed by atoms with Gasteiger partial charge in [0.15, 0.2) is 0 Å². The topological polar surface area (TPSA) is 21.3 Å². The van der Waals surface area contributed by atoms with E-state index in [9.17, 15) is 4.39 Å². The molecule has 0 aromatic heterocycles. The van der Waals surface area contributed by atoms with E-state index in [0.29, 0.717) is 16.7 Å². The number of rotatable bonds is 4. The van der Waals surface area contributed by atoms with Crippen molar-refractivity contribution in [3.05, 3.63) is 69.5 Å².